The second-order valence-corrected chi connectivity index (χ2v) is 21.2. The average molecular weight is 913 g/mol. The maximum absolute atomic E-state index is 12.0. The molecule has 0 bridgehead atoms. The van der Waals surface area contributed by atoms with E-state index in [-0.39, 0.29) is 5.41 Å². The highest BCUT2D eigenvalue weighted by atomic mass is 15.0. The fourth-order valence-corrected chi connectivity index (χ4v) is 13.1. The summed E-state index contributed by atoms with van der Waals surface area (Å²) in [6.07, 6.45) is 0. The van der Waals surface area contributed by atoms with Crippen LogP contribution in [0.15, 0.2) is 182 Å². The monoisotopic (exact) mass is 912 g/mol. The van der Waals surface area contributed by atoms with Crippen LogP contribution in [0.2, 0.25) is 0 Å². The van der Waals surface area contributed by atoms with Crippen LogP contribution in [0.3, 0.4) is 0 Å². The fourth-order valence-electron chi connectivity index (χ4n) is 13.1. The van der Waals surface area contributed by atoms with Crippen LogP contribution in [0.5, 0.6) is 0 Å². The van der Waals surface area contributed by atoms with Crippen molar-refractivity contribution in [3.8, 4) is 34.9 Å². The molecule has 0 aliphatic heterocycles. The van der Waals surface area contributed by atoms with Crippen LogP contribution in [-0.2, 0) is 10.8 Å². The molecule has 6 heteroatoms. The Morgan fingerprint density at radius 3 is 0.887 bits per heavy atom. The van der Waals surface area contributed by atoms with E-state index in [1.54, 1.807) is 0 Å². The third-order valence-electron chi connectivity index (χ3n) is 17.5. The summed E-state index contributed by atoms with van der Waals surface area (Å²) < 4.78 is 9.41. The highest BCUT2D eigenvalue weighted by molar-refractivity contribution is 6.21. The van der Waals surface area contributed by atoms with Gasteiger partial charge in [0.1, 0.15) is 12.1 Å². The predicted octanol–water partition coefficient (Wildman–Crippen LogP) is 16.4. The first kappa shape index (κ1) is 41.2. The van der Waals surface area contributed by atoms with Gasteiger partial charge >= 0.3 is 0 Å². The Balaban J connectivity index is 1.16. The van der Waals surface area contributed by atoms with E-state index in [0.29, 0.717) is 11.1 Å². The molecule has 13 aromatic rings. The lowest BCUT2D eigenvalue weighted by Gasteiger charge is -2.45. The number of hydrogen-bond donors (Lipinski definition) is 0. The Bertz CT molecular complexity index is 4260. The molecule has 4 aromatic heterocycles. The molecule has 14 rings (SSSR count). The molecule has 0 amide bonds. The average Bonchev–Trinajstić information content (AvgIpc) is 4.13. The largest absolute Gasteiger partial charge is 0.309 e. The van der Waals surface area contributed by atoms with Gasteiger partial charge in [0.05, 0.1) is 66.6 Å². The molecule has 0 saturated carbocycles. The zero-order valence-electron chi connectivity index (χ0n) is 40.5. The van der Waals surface area contributed by atoms with Crippen molar-refractivity contribution in [2.45, 2.75) is 52.4 Å². The summed E-state index contributed by atoms with van der Waals surface area (Å²) in [6.45, 7) is 14.2. The van der Waals surface area contributed by atoms with Gasteiger partial charge in [-0.2, -0.15) is 10.5 Å². The lowest BCUT2D eigenvalue weighted by Crippen LogP contribution is -2.42. The molecule has 0 atom stereocenters. The summed E-state index contributed by atoms with van der Waals surface area (Å²) in [5.74, 6) is 0. The normalized spacial score (nSPS) is 14.9. The van der Waals surface area contributed by atoms with E-state index in [0.717, 1.165) is 121 Å². The fraction of sp³-hybridized carbons (Fsp3) is 0.138. The highest BCUT2D eigenvalue weighted by Gasteiger charge is 2.60. The Morgan fingerprint density at radius 2 is 0.577 bits per heavy atom. The summed E-state index contributed by atoms with van der Waals surface area (Å²) in [4.78, 5) is 0. The highest BCUT2D eigenvalue weighted by Crippen LogP contribution is 2.66. The minimum absolute atomic E-state index is 0.350. The molecular formula is C65H48N6. The topological polar surface area (TPSA) is 67.3 Å². The number of benzene rings is 9. The Kier molecular flexibility index (Phi) is 8.19. The van der Waals surface area contributed by atoms with E-state index in [1.807, 2.05) is 0 Å². The van der Waals surface area contributed by atoms with E-state index in [4.69, 9.17) is 0 Å². The van der Waals surface area contributed by atoms with Crippen molar-refractivity contribution in [2.24, 2.45) is 5.41 Å². The van der Waals surface area contributed by atoms with Gasteiger partial charge in [0.25, 0.3) is 0 Å². The van der Waals surface area contributed by atoms with Crippen molar-refractivity contribution in [2.75, 3.05) is 0 Å². The molecule has 6 nitrogen and oxygen atoms in total. The zero-order chi connectivity index (χ0) is 48.3. The van der Waals surface area contributed by atoms with E-state index in [9.17, 15) is 10.5 Å². The SMILES string of the molecule is CC1(C)c2c(-n3c4ccccc4c4cc5c(cc43)c3ccccc3n5-c3ccccc3)c(C#N)c(C#N)c(-n3c4ccccc4c4cc5c(cc43)c3ccccc3n5-c3ccccc3)c2C(C)(C)C1(C)C. The molecule has 1 aliphatic carbocycles. The van der Waals surface area contributed by atoms with E-state index in [2.05, 4.69) is 254 Å². The molecule has 0 radical (unpaired) electrons. The first-order valence-electron chi connectivity index (χ1n) is 24.6. The van der Waals surface area contributed by atoms with Gasteiger partial charge in [0, 0.05) is 54.5 Å². The minimum atomic E-state index is -0.490. The van der Waals surface area contributed by atoms with E-state index >= 15 is 0 Å². The minimum Gasteiger partial charge on any atom is -0.309 e. The molecule has 71 heavy (non-hydrogen) atoms. The van der Waals surface area contributed by atoms with Crippen LogP contribution in [0.25, 0.3) is 110 Å². The molecule has 1 aliphatic rings. The summed E-state index contributed by atoms with van der Waals surface area (Å²) >= 11 is 0. The van der Waals surface area contributed by atoms with Crippen molar-refractivity contribution >= 4 is 87.2 Å². The quantitative estimate of drug-likeness (QED) is 0.177. The lowest BCUT2D eigenvalue weighted by molar-refractivity contribution is 0.125. The Morgan fingerprint density at radius 1 is 0.310 bits per heavy atom. The van der Waals surface area contributed by atoms with Gasteiger partial charge < -0.3 is 18.3 Å². The van der Waals surface area contributed by atoms with Gasteiger partial charge in [-0.3, -0.25) is 0 Å². The van der Waals surface area contributed by atoms with E-state index < -0.39 is 10.8 Å². The van der Waals surface area contributed by atoms with Crippen LogP contribution in [0, 0.1) is 28.1 Å². The van der Waals surface area contributed by atoms with Crippen LogP contribution >= 0.6 is 0 Å². The third-order valence-corrected chi connectivity index (χ3v) is 17.5. The number of nitrogens with zero attached hydrogens (tertiary/aromatic N) is 6. The second kappa shape index (κ2) is 14.1. The standard InChI is InChI=1S/C65H48N6/c1-63(2)59-60(64(3,4)65(63,5)6)62(71-54-32-20-16-28-44(54)48-34-56-46(36-58(48)71)42-26-14-18-30-52(42)69(56)40-23-11-8-12-24-40)50(38-67)49(37-66)61(59)70-53-31-19-15-27-43(53)47-33-55-45(35-57(47)70)41-25-13-17-29-51(41)68(55)39-21-9-7-10-22-39/h7-36H,1-6H3. The number of para-hydroxylation sites is 6. The smallest absolute Gasteiger partial charge is 0.103 e. The number of nitriles is 2. The van der Waals surface area contributed by atoms with Crippen molar-refractivity contribution < 1.29 is 0 Å². The maximum Gasteiger partial charge on any atom is 0.103 e. The van der Waals surface area contributed by atoms with Crippen molar-refractivity contribution in [1.82, 2.24) is 18.3 Å². The molecular weight excluding hydrogens is 865 g/mol. The Hall–Kier alpha value is -8.84. The first-order chi connectivity index (χ1) is 34.5. The summed E-state index contributed by atoms with van der Waals surface area (Å²) in [5, 5.41) is 32.8. The summed E-state index contributed by atoms with van der Waals surface area (Å²) in [7, 11) is 0. The van der Waals surface area contributed by atoms with Gasteiger partial charge in [-0.15, -0.1) is 0 Å². The summed E-state index contributed by atoms with van der Waals surface area (Å²) in [5.41, 5.74) is 13.9. The molecule has 0 fully saturated rings. The van der Waals surface area contributed by atoms with Gasteiger partial charge in [-0.05, 0) is 100 Å². The number of aromatic nitrogens is 4. The number of rotatable bonds is 4. The van der Waals surface area contributed by atoms with Crippen LogP contribution < -0.4 is 0 Å². The van der Waals surface area contributed by atoms with Crippen LogP contribution in [0.4, 0.5) is 0 Å². The van der Waals surface area contributed by atoms with Crippen molar-refractivity contribution in [3.63, 3.8) is 0 Å². The maximum atomic E-state index is 12.0. The third kappa shape index (κ3) is 5.09. The van der Waals surface area contributed by atoms with Crippen molar-refractivity contribution in [1.29, 1.82) is 10.5 Å². The molecule has 0 N–H and O–H groups in total. The molecule has 338 valence electrons. The van der Waals surface area contributed by atoms with Crippen molar-refractivity contribution in [3.05, 3.63) is 204 Å². The van der Waals surface area contributed by atoms with Crippen LogP contribution in [0.1, 0.15) is 63.8 Å². The number of fused-ring (bicyclic) bond motifs is 13. The zero-order valence-corrected chi connectivity index (χ0v) is 40.5. The van der Waals surface area contributed by atoms with E-state index in [1.165, 1.54) is 0 Å². The number of hydrogen-bond acceptors (Lipinski definition) is 2. The molecule has 0 unspecified atom stereocenters. The van der Waals surface area contributed by atoms with Gasteiger partial charge in [-0.25, -0.2) is 0 Å². The molecule has 4 heterocycles. The summed E-state index contributed by atoms with van der Waals surface area (Å²) in [6, 6.07) is 70.5. The first-order valence-corrected chi connectivity index (χ1v) is 24.6. The van der Waals surface area contributed by atoms with Crippen LogP contribution in [-0.4, -0.2) is 18.3 Å². The van der Waals surface area contributed by atoms with Gasteiger partial charge in [0.15, 0.2) is 0 Å². The predicted molar refractivity (Wildman–Crippen MR) is 293 cm³/mol. The molecule has 0 saturated heterocycles. The van der Waals surface area contributed by atoms with Gasteiger partial charge in [0.2, 0.25) is 0 Å². The Labute approximate surface area is 411 Å². The lowest BCUT2D eigenvalue weighted by atomic mass is 9.59. The second-order valence-electron chi connectivity index (χ2n) is 21.2. The van der Waals surface area contributed by atoms with Gasteiger partial charge in [-0.1, -0.05) is 151 Å². The molecule has 0 spiro atoms. The molecule has 9 aromatic carbocycles.